The molecule has 0 radical (unpaired) electrons. The number of urea groups is 1. The number of aliphatic carboxylic acids is 1. The van der Waals surface area contributed by atoms with Crippen LogP contribution in [0.25, 0.3) is 0 Å². The first-order chi connectivity index (χ1) is 9.39. The fourth-order valence-corrected chi connectivity index (χ4v) is 3.38. The maximum atomic E-state index is 11.9. The minimum absolute atomic E-state index is 0.165. The molecule has 1 saturated heterocycles. The summed E-state index contributed by atoms with van der Waals surface area (Å²) in [5, 5.41) is 13.3. The van der Waals surface area contributed by atoms with E-state index in [1.165, 1.54) is 0 Å². The molecule has 2 rings (SSSR count). The van der Waals surface area contributed by atoms with E-state index in [4.69, 9.17) is 9.84 Å². The SMILES string of the molecule is CC1(OCC(=O)O)CN(C(=O)NCc2sccc2Br)C1. The Bertz CT molecular complexity index is 513. The lowest BCUT2D eigenvalue weighted by Gasteiger charge is -2.46. The molecule has 1 fully saturated rings. The number of amides is 2. The van der Waals surface area contributed by atoms with Crippen LogP contribution >= 0.6 is 27.3 Å². The lowest BCUT2D eigenvalue weighted by atomic mass is 9.97. The van der Waals surface area contributed by atoms with Crippen LogP contribution in [0.4, 0.5) is 4.79 Å². The molecule has 0 aliphatic carbocycles. The number of carbonyl (C=O) groups excluding carboxylic acids is 1. The predicted octanol–water partition coefficient (Wildman–Crippen LogP) is 1.90. The van der Waals surface area contributed by atoms with Gasteiger partial charge in [-0.3, -0.25) is 0 Å². The zero-order valence-electron chi connectivity index (χ0n) is 10.9. The molecule has 1 aliphatic rings. The largest absolute Gasteiger partial charge is 0.480 e. The Morgan fingerprint density at radius 1 is 1.60 bits per heavy atom. The van der Waals surface area contributed by atoms with Crippen LogP contribution in [0.5, 0.6) is 0 Å². The smallest absolute Gasteiger partial charge is 0.329 e. The summed E-state index contributed by atoms with van der Waals surface area (Å²) in [7, 11) is 0. The van der Waals surface area contributed by atoms with Gasteiger partial charge >= 0.3 is 12.0 Å². The number of hydrogen-bond donors (Lipinski definition) is 2. The Balaban J connectivity index is 1.73. The molecule has 110 valence electrons. The standard InChI is InChI=1S/C12H15BrN2O4S/c1-12(19-5-10(16)17)6-15(7-12)11(18)14-4-9-8(13)2-3-20-9/h2-3H,4-7H2,1H3,(H,14,18)(H,16,17). The average Bonchev–Trinajstić information content (AvgIpc) is 2.75. The first-order valence-corrected chi connectivity index (χ1v) is 7.67. The monoisotopic (exact) mass is 362 g/mol. The molecule has 0 atom stereocenters. The molecular weight excluding hydrogens is 348 g/mol. The highest BCUT2D eigenvalue weighted by molar-refractivity contribution is 9.10. The third kappa shape index (κ3) is 3.71. The summed E-state index contributed by atoms with van der Waals surface area (Å²) in [6.45, 7) is 2.74. The van der Waals surface area contributed by atoms with E-state index < -0.39 is 11.6 Å². The second-order valence-electron chi connectivity index (χ2n) is 4.84. The van der Waals surface area contributed by atoms with Crippen molar-refractivity contribution in [1.29, 1.82) is 0 Å². The molecule has 0 spiro atoms. The summed E-state index contributed by atoms with van der Waals surface area (Å²) in [6.07, 6.45) is 0. The number of halogens is 1. The number of rotatable bonds is 5. The van der Waals surface area contributed by atoms with Crippen molar-refractivity contribution in [3.63, 3.8) is 0 Å². The Hall–Kier alpha value is -1.12. The van der Waals surface area contributed by atoms with Crippen LogP contribution in [-0.4, -0.2) is 47.3 Å². The maximum Gasteiger partial charge on any atom is 0.329 e. The van der Waals surface area contributed by atoms with E-state index in [9.17, 15) is 9.59 Å². The molecule has 0 bridgehead atoms. The van der Waals surface area contributed by atoms with Crippen molar-refractivity contribution in [3.8, 4) is 0 Å². The number of hydrogen-bond acceptors (Lipinski definition) is 4. The summed E-state index contributed by atoms with van der Waals surface area (Å²) in [5.41, 5.74) is -0.556. The molecule has 6 nitrogen and oxygen atoms in total. The van der Waals surface area contributed by atoms with E-state index >= 15 is 0 Å². The first-order valence-electron chi connectivity index (χ1n) is 6.00. The van der Waals surface area contributed by atoms with E-state index in [1.54, 1.807) is 23.2 Å². The third-order valence-electron chi connectivity index (χ3n) is 2.97. The van der Waals surface area contributed by atoms with E-state index in [-0.39, 0.29) is 12.6 Å². The van der Waals surface area contributed by atoms with Crippen LogP contribution in [-0.2, 0) is 16.1 Å². The van der Waals surface area contributed by atoms with Crippen molar-refractivity contribution < 1.29 is 19.4 Å². The zero-order chi connectivity index (χ0) is 14.8. The van der Waals surface area contributed by atoms with Gasteiger partial charge in [-0.1, -0.05) is 0 Å². The molecule has 0 saturated carbocycles. The summed E-state index contributed by atoms with van der Waals surface area (Å²) in [5.74, 6) is -1.00. The Kier molecular flexibility index (Phi) is 4.66. The highest BCUT2D eigenvalue weighted by atomic mass is 79.9. The molecule has 1 aromatic rings. The van der Waals surface area contributed by atoms with Crippen LogP contribution in [0.2, 0.25) is 0 Å². The highest BCUT2D eigenvalue weighted by Crippen LogP contribution is 2.25. The fourth-order valence-electron chi connectivity index (χ4n) is 1.95. The fraction of sp³-hybridized carbons (Fsp3) is 0.500. The molecule has 2 heterocycles. The van der Waals surface area contributed by atoms with E-state index in [0.29, 0.717) is 19.6 Å². The van der Waals surface area contributed by atoms with Crippen molar-refractivity contribution in [1.82, 2.24) is 10.2 Å². The molecule has 8 heteroatoms. The summed E-state index contributed by atoms with van der Waals surface area (Å²) >= 11 is 4.98. The molecule has 2 N–H and O–H groups in total. The van der Waals surface area contributed by atoms with Crippen molar-refractivity contribution >= 4 is 39.3 Å². The van der Waals surface area contributed by atoms with Gasteiger partial charge in [0, 0.05) is 9.35 Å². The van der Waals surface area contributed by atoms with Crippen LogP contribution in [0.15, 0.2) is 15.9 Å². The topological polar surface area (TPSA) is 78.9 Å². The molecule has 1 aromatic heterocycles. The van der Waals surface area contributed by atoms with E-state index in [1.807, 2.05) is 11.4 Å². The third-order valence-corrected chi connectivity index (χ3v) is 4.90. The quantitative estimate of drug-likeness (QED) is 0.838. The number of carboxylic acid groups (broad SMARTS) is 1. The Morgan fingerprint density at radius 2 is 2.30 bits per heavy atom. The van der Waals surface area contributed by atoms with Gasteiger partial charge in [-0.05, 0) is 34.3 Å². The Morgan fingerprint density at radius 3 is 2.85 bits per heavy atom. The average molecular weight is 363 g/mol. The number of thiophene rings is 1. The molecular formula is C12H15BrN2O4S. The molecule has 0 aromatic carbocycles. The number of nitrogens with one attached hydrogen (secondary N) is 1. The first kappa shape index (κ1) is 15.3. The van der Waals surface area contributed by atoms with Gasteiger partial charge in [-0.25, -0.2) is 9.59 Å². The number of nitrogens with zero attached hydrogens (tertiary/aromatic N) is 1. The molecule has 0 unspecified atom stereocenters. The second-order valence-corrected chi connectivity index (χ2v) is 6.69. The van der Waals surface area contributed by atoms with Crippen LogP contribution < -0.4 is 5.32 Å². The predicted molar refractivity (Wildman–Crippen MR) is 77.8 cm³/mol. The van der Waals surface area contributed by atoms with Gasteiger partial charge in [-0.2, -0.15) is 0 Å². The van der Waals surface area contributed by atoms with Gasteiger partial charge in [0.25, 0.3) is 0 Å². The number of ether oxygens (including phenoxy) is 1. The van der Waals surface area contributed by atoms with Crippen molar-refractivity contribution in [2.75, 3.05) is 19.7 Å². The van der Waals surface area contributed by atoms with Gasteiger partial charge < -0.3 is 20.1 Å². The van der Waals surface area contributed by atoms with Crippen LogP contribution in [0.1, 0.15) is 11.8 Å². The van der Waals surface area contributed by atoms with E-state index in [2.05, 4.69) is 21.2 Å². The summed E-state index contributed by atoms with van der Waals surface area (Å²) in [4.78, 5) is 25.0. The second kappa shape index (κ2) is 6.11. The minimum Gasteiger partial charge on any atom is -0.480 e. The summed E-state index contributed by atoms with van der Waals surface area (Å²) in [6, 6.07) is 1.77. The lowest BCUT2D eigenvalue weighted by molar-refractivity contribution is -0.159. The molecule has 20 heavy (non-hydrogen) atoms. The van der Waals surface area contributed by atoms with Crippen LogP contribution in [0.3, 0.4) is 0 Å². The van der Waals surface area contributed by atoms with Crippen molar-refractivity contribution in [2.45, 2.75) is 19.1 Å². The summed E-state index contributed by atoms with van der Waals surface area (Å²) < 4.78 is 6.24. The van der Waals surface area contributed by atoms with Crippen LogP contribution in [0, 0.1) is 0 Å². The van der Waals surface area contributed by atoms with Gasteiger partial charge in [0.15, 0.2) is 0 Å². The van der Waals surface area contributed by atoms with Gasteiger partial charge in [0.05, 0.1) is 19.6 Å². The number of carbonyl (C=O) groups is 2. The Labute approximate surface area is 128 Å². The number of carboxylic acids is 1. The van der Waals surface area contributed by atoms with Gasteiger partial charge in [0.1, 0.15) is 12.2 Å². The number of likely N-dealkylation sites (tertiary alicyclic amines) is 1. The molecule has 1 aliphatic heterocycles. The lowest BCUT2D eigenvalue weighted by Crippen LogP contribution is -2.65. The highest BCUT2D eigenvalue weighted by Gasteiger charge is 2.42. The van der Waals surface area contributed by atoms with Crippen molar-refractivity contribution in [3.05, 3.63) is 20.8 Å². The van der Waals surface area contributed by atoms with Gasteiger partial charge in [-0.15, -0.1) is 11.3 Å². The van der Waals surface area contributed by atoms with E-state index in [0.717, 1.165) is 9.35 Å². The van der Waals surface area contributed by atoms with Crippen molar-refractivity contribution in [2.24, 2.45) is 0 Å². The van der Waals surface area contributed by atoms with Gasteiger partial charge in [0.2, 0.25) is 0 Å². The zero-order valence-corrected chi connectivity index (χ0v) is 13.3. The molecule has 2 amide bonds. The normalized spacial score (nSPS) is 16.6. The minimum atomic E-state index is -1.00. The maximum absolute atomic E-state index is 11.9.